The molecule has 10 nitrogen and oxygen atoms in total. The Balaban J connectivity index is 1.29. The Labute approximate surface area is 235 Å². The molecule has 10 heteroatoms. The number of rotatable bonds is 9. The number of benzene rings is 3. The SMILES string of the molecule is Cc1cc(C(=O)Nc2cccc(C(=O)c3ccc4c(c3)NC(=O)C4C=Nc3ccc(CCC(=O)O)cc3)c2)n(C)n1. The zero-order valence-corrected chi connectivity index (χ0v) is 22.4. The maximum absolute atomic E-state index is 13.3. The summed E-state index contributed by atoms with van der Waals surface area (Å²) in [5.74, 6) is -2.30. The van der Waals surface area contributed by atoms with Gasteiger partial charge in [0.15, 0.2) is 5.78 Å². The Morgan fingerprint density at radius 1 is 1.05 bits per heavy atom. The first-order valence-electron chi connectivity index (χ1n) is 12.9. The number of carbonyl (C=O) groups excluding carboxylic acids is 3. The summed E-state index contributed by atoms with van der Waals surface area (Å²) >= 11 is 0. The number of carboxylic acids is 1. The number of aryl methyl sites for hydroxylation is 3. The molecule has 3 aromatic carbocycles. The Morgan fingerprint density at radius 3 is 2.51 bits per heavy atom. The van der Waals surface area contributed by atoms with Crippen molar-refractivity contribution in [3.05, 3.63) is 106 Å². The van der Waals surface area contributed by atoms with Crippen LogP contribution < -0.4 is 10.6 Å². The topological polar surface area (TPSA) is 143 Å². The Morgan fingerprint density at radius 2 is 1.80 bits per heavy atom. The Kier molecular flexibility index (Phi) is 7.55. The fourth-order valence-corrected chi connectivity index (χ4v) is 4.66. The number of carbonyl (C=O) groups is 4. The minimum absolute atomic E-state index is 0.0555. The molecule has 0 saturated heterocycles. The van der Waals surface area contributed by atoms with Crippen molar-refractivity contribution in [1.29, 1.82) is 0 Å². The Hall–Kier alpha value is -5.38. The summed E-state index contributed by atoms with van der Waals surface area (Å²) < 4.78 is 1.50. The van der Waals surface area contributed by atoms with Crippen molar-refractivity contribution in [2.75, 3.05) is 10.6 Å². The molecule has 0 saturated carbocycles. The van der Waals surface area contributed by atoms with E-state index in [0.29, 0.717) is 45.9 Å². The van der Waals surface area contributed by atoms with Gasteiger partial charge in [0, 0.05) is 42.2 Å². The molecule has 206 valence electrons. The fraction of sp³-hybridized carbons (Fsp3) is 0.161. The number of fused-ring (bicyclic) bond motifs is 1. The quantitative estimate of drug-likeness (QED) is 0.205. The van der Waals surface area contributed by atoms with E-state index in [2.05, 4.69) is 20.7 Å². The minimum Gasteiger partial charge on any atom is -0.481 e. The van der Waals surface area contributed by atoms with Crippen LogP contribution in [0.4, 0.5) is 17.1 Å². The van der Waals surface area contributed by atoms with Gasteiger partial charge in [0.1, 0.15) is 11.6 Å². The molecule has 1 aliphatic rings. The van der Waals surface area contributed by atoms with E-state index in [9.17, 15) is 19.2 Å². The number of nitrogens with one attached hydrogen (secondary N) is 2. The minimum atomic E-state index is -0.850. The number of anilines is 2. The molecule has 5 rings (SSSR count). The number of carboxylic acid groups (broad SMARTS) is 1. The third kappa shape index (κ3) is 6.11. The van der Waals surface area contributed by atoms with Gasteiger partial charge in [-0.1, -0.05) is 36.4 Å². The summed E-state index contributed by atoms with van der Waals surface area (Å²) in [5.41, 5.74) is 5.16. The number of aromatic nitrogens is 2. The summed E-state index contributed by atoms with van der Waals surface area (Å²) in [5, 5.41) is 18.7. The molecule has 1 unspecified atom stereocenters. The van der Waals surface area contributed by atoms with Crippen molar-refractivity contribution in [2.45, 2.75) is 25.7 Å². The van der Waals surface area contributed by atoms with E-state index < -0.39 is 11.9 Å². The van der Waals surface area contributed by atoms with Gasteiger partial charge in [0.2, 0.25) is 5.91 Å². The molecule has 0 aliphatic carbocycles. The van der Waals surface area contributed by atoms with Gasteiger partial charge in [-0.15, -0.1) is 0 Å². The lowest BCUT2D eigenvalue weighted by Crippen LogP contribution is -2.16. The highest BCUT2D eigenvalue weighted by atomic mass is 16.4. The molecule has 1 aliphatic heterocycles. The lowest BCUT2D eigenvalue weighted by Gasteiger charge is -2.09. The molecule has 2 amide bonds. The lowest BCUT2D eigenvalue weighted by molar-refractivity contribution is -0.137. The number of aliphatic carboxylic acids is 1. The summed E-state index contributed by atoms with van der Waals surface area (Å²) in [6.45, 7) is 1.80. The van der Waals surface area contributed by atoms with Crippen LogP contribution in [-0.2, 0) is 23.1 Å². The van der Waals surface area contributed by atoms with Crippen LogP contribution in [0.1, 0.15) is 55.6 Å². The van der Waals surface area contributed by atoms with E-state index in [1.807, 2.05) is 12.1 Å². The largest absolute Gasteiger partial charge is 0.481 e. The summed E-state index contributed by atoms with van der Waals surface area (Å²) in [6, 6.07) is 20.6. The van der Waals surface area contributed by atoms with Gasteiger partial charge in [0.05, 0.1) is 11.4 Å². The van der Waals surface area contributed by atoms with Crippen molar-refractivity contribution in [1.82, 2.24) is 9.78 Å². The summed E-state index contributed by atoms with van der Waals surface area (Å²) in [4.78, 5) is 53.9. The van der Waals surface area contributed by atoms with E-state index in [1.165, 1.54) is 4.68 Å². The van der Waals surface area contributed by atoms with Crippen LogP contribution >= 0.6 is 0 Å². The van der Waals surface area contributed by atoms with Crippen molar-refractivity contribution in [2.24, 2.45) is 12.0 Å². The first-order chi connectivity index (χ1) is 19.7. The van der Waals surface area contributed by atoms with E-state index in [1.54, 1.807) is 80.8 Å². The number of hydrogen-bond donors (Lipinski definition) is 3. The fourth-order valence-electron chi connectivity index (χ4n) is 4.66. The summed E-state index contributed by atoms with van der Waals surface area (Å²) in [7, 11) is 1.69. The highest BCUT2D eigenvalue weighted by Gasteiger charge is 2.30. The van der Waals surface area contributed by atoms with Gasteiger partial charge in [-0.05, 0) is 60.9 Å². The predicted octanol–water partition coefficient (Wildman–Crippen LogP) is 4.67. The van der Waals surface area contributed by atoms with Gasteiger partial charge >= 0.3 is 5.97 Å². The van der Waals surface area contributed by atoms with Gasteiger partial charge in [-0.2, -0.15) is 5.10 Å². The van der Waals surface area contributed by atoms with E-state index in [-0.39, 0.29) is 24.0 Å². The van der Waals surface area contributed by atoms with Gasteiger partial charge < -0.3 is 15.7 Å². The van der Waals surface area contributed by atoms with Crippen LogP contribution in [-0.4, -0.2) is 44.7 Å². The molecule has 41 heavy (non-hydrogen) atoms. The normalized spacial score (nSPS) is 14.1. The smallest absolute Gasteiger partial charge is 0.303 e. The average Bonchev–Trinajstić information content (AvgIpc) is 3.46. The molecule has 3 N–H and O–H groups in total. The van der Waals surface area contributed by atoms with E-state index in [0.717, 1.165) is 11.3 Å². The number of ketones is 1. The van der Waals surface area contributed by atoms with Crippen molar-refractivity contribution < 1.29 is 24.3 Å². The van der Waals surface area contributed by atoms with Gasteiger partial charge in [-0.25, -0.2) is 0 Å². The van der Waals surface area contributed by atoms with Crippen molar-refractivity contribution in [3.63, 3.8) is 0 Å². The molecule has 0 bridgehead atoms. The second kappa shape index (κ2) is 11.4. The molecule has 1 atom stereocenters. The third-order valence-corrected chi connectivity index (χ3v) is 6.74. The molecule has 0 fully saturated rings. The van der Waals surface area contributed by atoms with Gasteiger partial charge in [0.25, 0.3) is 5.91 Å². The molecular weight excluding hydrogens is 522 g/mol. The summed E-state index contributed by atoms with van der Waals surface area (Å²) in [6.07, 6.45) is 2.05. The van der Waals surface area contributed by atoms with Gasteiger partial charge in [-0.3, -0.25) is 28.9 Å². The van der Waals surface area contributed by atoms with Crippen LogP contribution in [0.15, 0.2) is 77.8 Å². The predicted molar refractivity (Wildman–Crippen MR) is 154 cm³/mol. The van der Waals surface area contributed by atoms with Crippen LogP contribution in [0.2, 0.25) is 0 Å². The molecule has 0 spiro atoms. The standard InChI is InChI=1S/C31H27N5O5/c1-18-14-27(36(2)35-18)31(41)33-23-5-3-4-20(15-23)29(39)21-9-12-24-25(30(40)34-26(24)16-21)17-32-22-10-6-19(7-11-22)8-13-28(37)38/h3-7,9-12,14-17,25H,8,13H2,1-2H3,(H,33,41)(H,34,40)(H,37,38). The van der Waals surface area contributed by atoms with E-state index >= 15 is 0 Å². The van der Waals surface area contributed by atoms with E-state index in [4.69, 9.17) is 5.11 Å². The maximum Gasteiger partial charge on any atom is 0.303 e. The van der Waals surface area contributed by atoms with Crippen molar-refractivity contribution >= 4 is 46.8 Å². The average molecular weight is 550 g/mol. The lowest BCUT2D eigenvalue weighted by atomic mass is 9.97. The first kappa shape index (κ1) is 27.2. The number of amides is 2. The second-order valence-electron chi connectivity index (χ2n) is 9.77. The van der Waals surface area contributed by atoms with Crippen LogP contribution in [0.25, 0.3) is 0 Å². The zero-order valence-electron chi connectivity index (χ0n) is 22.4. The monoisotopic (exact) mass is 549 g/mol. The molecule has 4 aromatic rings. The number of aliphatic imine (C=N–C) groups is 1. The van der Waals surface area contributed by atoms with Crippen LogP contribution in [0.5, 0.6) is 0 Å². The highest BCUT2D eigenvalue weighted by Crippen LogP contribution is 2.33. The van der Waals surface area contributed by atoms with Crippen LogP contribution in [0.3, 0.4) is 0 Å². The highest BCUT2D eigenvalue weighted by molar-refractivity contribution is 6.15. The zero-order chi connectivity index (χ0) is 29.1. The van der Waals surface area contributed by atoms with Crippen LogP contribution in [0, 0.1) is 6.92 Å². The maximum atomic E-state index is 13.3. The first-order valence-corrected chi connectivity index (χ1v) is 12.9. The molecule has 2 heterocycles. The second-order valence-corrected chi connectivity index (χ2v) is 9.77. The molecular formula is C31H27N5O5. The number of nitrogens with zero attached hydrogens (tertiary/aromatic N) is 3. The third-order valence-electron chi connectivity index (χ3n) is 6.74. The molecule has 1 aromatic heterocycles. The number of hydrogen-bond acceptors (Lipinski definition) is 6. The van der Waals surface area contributed by atoms with Crippen molar-refractivity contribution in [3.8, 4) is 0 Å². The Bertz CT molecular complexity index is 1700. The molecule has 0 radical (unpaired) electrons.